The van der Waals surface area contributed by atoms with Crippen LogP contribution in [0, 0.1) is 11.8 Å². The van der Waals surface area contributed by atoms with Gasteiger partial charge in [-0.05, 0) is 19.3 Å². The minimum atomic E-state index is -0.364. The molecule has 0 aromatic carbocycles. The summed E-state index contributed by atoms with van der Waals surface area (Å²) in [6, 6.07) is 0. The molecular weight excluding hydrogens is 204 g/mol. The number of rotatable bonds is 8. The molecule has 0 amide bonds. The molecule has 0 heterocycles. The van der Waals surface area contributed by atoms with Crippen LogP contribution in [-0.2, 0) is 9.53 Å². The van der Waals surface area contributed by atoms with E-state index in [4.69, 9.17) is 9.84 Å². The lowest BCUT2D eigenvalue weighted by atomic mass is 9.89. The van der Waals surface area contributed by atoms with Crippen molar-refractivity contribution in [3.8, 4) is 0 Å². The van der Waals surface area contributed by atoms with E-state index in [1.165, 1.54) is 6.08 Å². The summed E-state index contributed by atoms with van der Waals surface area (Å²) in [5.41, 5.74) is 0. The van der Waals surface area contributed by atoms with E-state index < -0.39 is 0 Å². The van der Waals surface area contributed by atoms with Gasteiger partial charge in [0.2, 0.25) is 0 Å². The average Bonchev–Trinajstić information content (AvgIpc) is 2.28. The Labute approximate surface area is 97.1 Å². The summed E-state index contributed by atoms with van der Waals surface area (Å²) in [6.45, 7) is 9.43. The van der Waals surface area contributed by atoms with Gasteiger partial charge in [0.05, 0.1) is 6.61 Å². The standard InChI is InChI=1S/C13H20O3/c1-4-7-12(11(5-2)10-14)8-9-13(15)16-6-3/h4-5,8-9,11-12,14H,1-2,6-7,10H2,3H3/b9-8+/t11-,12-/m0/s1. The number of carbonyl (C=O) groups is 1. The number of hydrogen-bond acceptors (Lipinski definition) is 3. The zero-order chi connectivity index (χ0) is 12.4. The Balaban J connectivity index is 4.47. The summed E-state index contributed by atoms with van der Waals surface area (Å²) < 4.78 is 4.78. The molecule has 0 aliphatic carbocycles. The molecule has 90 valence electrons. The van der Waals surface area contributed by atoms with Gasteiger partial charge in [0.1, 0.15) is 0 Å². The molecule has 0 unspecified atom stereocenters. The van der Waals surface area contributed by atoms with E-state index in [-0.39, 0.29) is 24.4 Å². The molecule has 0 rings (SSSR count). The first-order valence-corrected chi connectivity index (χ1v) is 5.38. The summed E-state index contributed by atoms with van der Waals surface area (Å²) in [7, 11) is 0. The molecule has 0 spiro atoms. The highest BCUT2D eigenvalue weighted by Gasteiger charge is 2.14. The first-order chi connectivity index (χ1) is 7.69. The lowest BCUT2D eigenvalue weighted by Crippen LogP contribution is -2.14. The fourth-order valence-electron chi connectivity index (χ4n) is 1.37. The minimum absolute atomic E-state index is 0.00910. The monoisotopic (exact) mass is 224 g/mol. The molecule has 0 saturated heterocycles. The second-order valence-electron chi connectivity index (χ2n) is 3.38. The number of aliphatic hydroxyl groups excluding tert-OH is 1. The molecule has 2 atom stereocenters. The first-order valence-electron chi connectivity index (χ1n) is 5.38. The van der Waals surface area contributed by atoms with Crippen LogP contribution < -0.4 is 0 Å². The number of hydrogen-bond donors (Lipinski definition) is 1. The first kappa shape index (κ1) is 14.6. The number of aliphatic hydroxyl groups is 1. The third-order valence-electron chi connectivity index (χ3n) is 2.27. The number of ether oxygens (including phenoxy) is 1. The highest BCUT2D eigenvalue weighted by Crippen LogP contribution is 2.19. The van der Waals surface area contributed by atoms with Crippen molar-refractivity contribution in [2.24, 2.45) is 11.8 Å². The third kappa shape index (κ3) is 5.51. The van der Waals surface area contributed by atoms with E-state index in [9.17, 15) is 4.79 Å². The van der Waals surface area contributed by atoms with E-state index in [2.05, 4.69) is 13.2 Å². The van der Waals surface area contributed by atoms with Crippen LogP contribution in [0.4, 0.5) is 0 Å². The Morgan fingerprint density at radius 3 is 2.56 bits per heavy atom. The van der Waals surface area contributed by atoms with Crippen molar-refractivity contribution in [3.63, 3.8) is 0 Å². The molecule has 16 heavy (non-hydrogen) atoms. The molecule has 0 aliphatic rings. The van der Waals surface area contributed by atoms with Crippen molar-refractivity contribution >= 4 is 5.97 Å². The van der Waals surface area contributed by atoms with Gasteiger partial charge in [-0.3, -0.25) is 0 Å². The predicted molar refractivity (Wildman–Crippen MR) is 64.8 cm³/mol. The largest absolute Gasteiger partial charge is 0.463 e. The van der Waals surface area contributed by atoms with Gasteiger partial charge in [-0.2, -0.15) is 0 Å². The van der Waals surface area contributed by atoms with Gasteiger partial charge in [-0.25, -0.2) is 4.79 Å². The summed E-state index contributed by atoms with van der Waals surface area (Å²) in [4.78, 5) is 11.1. The Morgan fingerprint density at radius 2 is 2.12 bits per heavy atom. The Kier molecular flexibility index (Phi) is 8.17. The van der Waals surface area contributed by atoms with Gasteiger partial charge in [0.25, 0.3) is 0 Å². The Hall–Kier alpha value is -1.35. The third-order valence-corrected chi connectivity index (χ3v) is 2.27. The van der Waals surface area contributed by atoms with E-state index in [0.29, 0.717) is 13.0 Å². The lowest BCUT2D eigenvalue weighted by Gasteiger charge is -2.17. The SMILES string of the molecule is C=CC[C@@H](/C=C/C(=O)OCC)[C@@H](C=C)CO. The van der Waals surface area contributed by atoms with Crippen molar-refractivity contribution in [2.75, 3.05) is 13.2 Å². The Morgan fingerprint density at radius 1 is 1.44 bits per heavy atom. The maximum absolute atomic E-state index is 11.1. The molecule has 0 saturated carbocycles. The molecule has 0 aromatic heterocycles. The van der Waals surface area contributed by atoms with Gasteiger partial charge in [-0.15, -0.1) is 13.2 Å². The zero-order valence-corrected chi connectivity index (χ0v) is 9.76. The van der Waals surface area contributed by atoms with E-state index >= 15 is 0 Å². The normalized spacial score (nSPS) is 14.4. The van der Waals surface area contributed by atoms with Crippen LogP contribution in [-0.4, -0.2) is 24.3 Å². The van der Waals surface area contributed by atoms with Gasteiger partial charge in [-0.1, -0.05) is 18.2 Å². The van der Waals surface area contributed by atoms with Crippen molar-refractivity contribution in [3.05, 3.63) is 37.5 Å². The predicted octanol–water partition coefficient (Wildman–Crippen LogP) is 2.09. The van der Waals surface area contributed by atoms with Crippen LogP contribution in [0.5, 0.6) is 0 Å². The second kappa shape index (κ2) is 8.92. The highest BCUT2D eigenvalue weighted by atomic mass is 16.5. The molecule has 3 heteroatoms. The van der Waals surface area contributed by atoms with Crippen LogP contribution in [0.2, 0.25) is 0 Å². The van der Waals surface area contributed by atoms with Crippen LogP contribution in [0.3, 0.4) is 0 Å². The molecule has 0 bridgehead atoms. The fraction of sp³-hybridized carbons (Fsp3) is 0.462. The van der Waals surface area contributed by atoms with Crippen molar-refractivity contribution in [1.29, 1.82) is 0 Å². The van der Waals surface area contributed by atoms with Crippen molar-refractivity contribution in [2.45, 2.75) is 13.3 Å². The molecule has 0 aromatic rings. The molecule has 0 radical (unpaired) electrons. The zero-order valence-electron chi connectivity index (χ0n) is 9.76. The van der Waals surface area contributed by atoms with E-state index in [1.807, 2.05) is 0 Å². The van der Waals surface area contributed by atoms with Crippen molar-refractivity contribution < 1.29 is 14.6 Å². The lowest BCUT2D eigenvalue weighted by molar-refractivity contribution is -0.137. The summed E-state index contributed by atoms with van der Waals surface area (Å²) in [6.07, 6.45) is 7.26. The molecule has 1 N–H and O–H groups in total. The molecular formula is C13H20O3. The summed E-state index contributed by atoms with van der Waals surface area (Å²) in [5.74, 6) is -0.398. The number of carbonyl (C=O) groups excluding carboxylic acids is 1. The smallest absolute Gasteiger partial charge is 0.330 e. The maximum Gasteiger partial charge on any atom is 0.330 e. The quantitative estimate of drug-likeness (QED) is 0.390. The molecule has 3 nitrogen and oxygen atoms in total. The second-order valence-corrected chi connectivity index (χ2v) is 3.38. The van der Waals surface area contributed by atoms with Gasteiger partial charge < -0.3 is 9.84 Å². The summed E-state index contributed by atoms with van der Waals surface area (Å²) >= 11 is 0. The Bertz CT molecular complexity index is 256. The number of esters is 1. The topological polar surface area (TPSA) is 46.5 Å². The summed E-state index contributed by atoms with van der Waals surface area (Å²) in [5, 5.41) is 9.14. The van der Waals surface area contributed by atoms with Crippen LogP contribution in [0.25, 0.3) is 0 Å². The van der Waals surface area contributed by atoms with Gasteiger partial charge in [0.15, 0.2) is 0 Å². The molecule has 0 fully saturated rings. The van der Waals surface area contributed by atoms with Crippen LogP contribution in [0.15, 0.2) is 37.5 Å². The minimum Gasteiger partial charge on any atom is -0.463 e. The maximum atomic E-state index is 11.1. The van der Waals surface area contributed by atoms with E-state index in [1.54, 1.807) is 25.2 Å². The molecule has 0 aliphatic heterocycles. The fourth-order valence-corrected chi connectivity index (χ4v) is 1.37. The van der Waals surface area contributed by atoms with Gasteiger partial charge in [0, 0.05) is 18.6 Å². The van der Waals surface area contributed by atoms with E-state index in [0.717, 1.165) is 0 Å². The number of allylic oxidation sites excluding steroid dienone is 2. The van der Waals surface area contributed by atoms with Gasteiger partial charge >= 0.3 is 5.97 Å². The van der Waals surface area contributed by atoms with Crippen molar-refractivity contribution in [1.82, 2.24) is 0 Å². The highest BCUT2D eigenvalue weighted by molar-refractivity contribution is 5.81. The van der Waals surface area contributed by atoms with Crippen LogP contribution >= 0.6 is 0 Å². The van der Waals surface area contributed by atoms with Crippen LogP contribution in [0.1, 0.15) is 13.3 Å². The average molecular weight is 224 g/mol.